The van der Waals surface area contributed by atoms with Crippen molar-refractivity contribution in [2.75, 3.05) is 6.61 Å². The molecular formula is C45H74O18. The van der Waals surface area contributed by atoms with Gasteiger partial charge in [-0.25, -0.2) is 0 Å². The number of hydrogen-bond acceptors (Lipinski definition) is 18. The van der Waals surface area contributed by atoms with Crippen LogP contribution in [0.1, 0.15) is 99.3 Å². The van der Waals surface area contributed by atoms with E-state index in [-0.39, 0.29) is 34.9 Å². The maximum absolute atomic E-state index is 12.1. The highest BCUT2D eigenvalue weighted by atomic mass is 16.8. The first-order valence-electron chi connectivity index (χ1n) is 23.7. The van der Waals surface area contributed by atoms with E-state index < -0.39 is 123 Å². The lowest BCUT2D eigenvalue weighted by Crippen LogP contribution is -2.67. The van der Waals surface area contributed by atoms with Crippen LogP contribution in [0.5, 0.6) is 0 Å². The number of aliphatic hydroxyl groups is 10. The second-order valence-corrected chi connectivity index (χ2v) is 21.6. The molecule has 5 aliphatic heterocycles. The van der Waals surface area contributed by atoms with Gasteiger partial charge in [-0.3, -0.25) is 0 Å². The van der Waals surface area contributed by atoms with Gasteiger partial charge in [0, 0.05) is 12.3 Å². The Morgan fingerprint density at radius 2 is 1.19 bits per heavy atom. The van der Waals surface area contributed by atoms with Crippen LogP contribution in [0.2, 0.25) is 0 Å². The summed E-state index contributed by atoms with van der Waals surface area (Å²) >= 11 is 0. The van der Waals surface area contributed by atoms with Crippen LogP contribution in [0.4, 0.5) is 0 Å². The van der Waals surface area contributed by atoms with Gasteiger partial charge in [-0.05, 0) is 113 Å². The maximum atomic E-state index is 12.1. The first-order valence-corrected chi connectivity index (χ1v) is 23.7. The predicted molar refractivity (Wildman–Crippen MR) is 216 cm³/mol. The van der Waals surface area contributed by atoms with Crippen molar-refractivity contribution in [3.63, 3.8) is 0 Å². The van der Waals surface area contributed by atoms with E-state index in [9.17, 15) is 51.1 Å². The Kier molecular flexibility index (Phi) is 13.0. The average molecular weight is 903 g/mol. The van der Waals surface area contributed by atoms with Crippen LogP contribution in [0, 0.1) is 46.3 Å². The van der Waals surface area contributed by atoms with Crippen LogP contribution < -0.4 is 0 Å². The lowest BCUT2D eigenvalue weighted by Gasteiger charge is -2.62. The predicted octanol–water partition coefficient (Wildman–Crippen LogP) is -0.594. The molecule has 0 aromatic heterocycles. The Labute approximate surface area is 369 Å². The van der Waals surface area contributed by atoms with Crippen molar-refractivity contribution in [2.45, 2.75) is 228 Å². The zero-order valence-electron chi connectivity index (χ0n) is 37.3. The van der Waals surface area contributed by atoms with E-state index in [1.54, 1.807) is 0 Å². The lowest BCUT2D eigenvalue weighted by molar-refractivity contribution is -0.391. The fourth-order valence-electron chi connectivity index (χ4n) is 14.7. The van der Waals surface area contributed by atoms with E-state index >= 15 is 0 Å². The molecule has 18 nitrogen and oxygen atoms in total. The number of rotatable bonds is 7. The third-order valence-corrected chi connectivity index (χ3v) is 18.4. The van der Waals surface area contributed by atoms with Gasteiger partial charge in [-0.1, -0.05) is 20.8 Å². The monoisotopic (exact) mass is 902 g/mol. The smallest absolute Gasteiger partial charge is 0.187 e. The lowest BCUT2D eigenvalue weighted by atomic mass is 9.44. The van der Waals surface area contributed by atoms with Crippen LogP contribution in [-0.2, 0) is 37.9 Å². The zero-order chi connectivity index (χ0) is 45.2. The van der Waals surface area contributed by atoms with Crippen LogP contribution in [0.15, 0.2) is 0 Å². The van der Waals surface area contributed by atoms with Crippen molar-refractivity contribution in [1.82, 2.24) is 0 Å². The molecule has 362 valence electrons. The van der Waals surface area contributed by atoms with Gasteiger partial charge >= 0.3 is 0 Å². The Morgan fingerprint density at radius 1 is 0.556 bits per heavy atom. The molecule has 0 aromatic carbocycles. The molecular weight excluding hydrogens is 828 g/mol. The van der Waals surface area contributed by atoms with Crippen molar-refractivity contribution < 1.29 is 89.0 Å². The third kappa shape index (κ3) is 7.70. The molecule has 4 saturated carbocycles. The van der Waals surface area contributed by atoms with Crippen LogP contribution in [0.25, 0.3) is 0 Å². The molecule has 0 radical (unpaired) electrons. The molecule has 9 fully saturated rings. The van der Waals surface area contributed by atoms with Gasteiger partial charge in [-0.15, -0.1) is 0 Å². The summed E-state index contributed by atoms with van der Waals surface area (Å²) in [6.07, 6.45) is -17.4. The molecule has 1 spiro atoms. The molecule has 18 heteroatoms. The molecule has 5 saturated heterocycles. The Bertz CT molecular complexity index is 1610. The maximum Gasteiger partial charge on any atom is 0.187 e. The summed E-state index contributed by atoms with van der Waals surface area (Å²) in [7, 11) is 0. The summed E-state index contributed by atoms with van der Waals surface area (Å²) in [6, 6.07) is 0. The van der Waals surface area contributed by atoms with Crippen molar-refractivity contribution in [2.24, 2.45) is 46.3 Å². The van der Waals surface area contributed by atoms with Gasteiger partial charge < -0.3 is 89.0 Å². The van der Waals surface area contributed by atoms with Gasteiger partial charge in [-0.2, -0.15) is 0 Å². The van der Waals surface area contributed by atoms with Crippen LogP contribution in [0.3, 0.4) is 0 Å². The zero-order valence-corrected chi connectivity index (χ0v) is 37.3. The molecule has 5 heterocycles. The highest BCUT2D eigenvalue weighted by Crippen LogP contribution is 2.71. The number of hydrogen-bond donors (Lipinski definition) is 10. The fourth-order valence-corrected chi connectivity index (χ4v) is 14.7. The average Bonchev–Trinajstić information content (AvgIpc) is 3.69. The van der Waals surface area contributed by atoms with Gasteiger partial charge in [0.05, 0.1) is 49.3 Å². The van der Waals surface area contributed by atoms with E-state index in [0.29, 0.717) is 49.4 Å². The minimum absolute atomic E-state index is 0.0839. The molecule has 9 rings (SSSR count). The molecule has 63 heavy (non-hydrogen) atoms. The standard InChI is InChI=1S/C45H74O18/c1-17-30-28(63-45(17)12-10-25(47)18(2)62-45)14-24-22-8-7-21-13-27(26(48)15-44(21,6)23(22)9-11-43(24,30)5)58-42-39(61-41-36(54)34(52)32(50)20(4)57-41)37(55)38(29(16-46)59-42)60-40-35(53)33(51)31(49)19(3)56-40/h17-42,46-55H,7-16H2,1-6H3. The highest BCUT2D eigenvalue weighted by Gasteiger charge is 2.70. The highest BCUT2D eigenvalue weighted by molar-refractivity contribution is 5.16. The quantitative estimate of drug-likeness (QED) is 0.143. The molecule has 10 N–H and O–H groups in total. The summed E-state index contributed by atoms with van der Waals surface area (Å²) in [5.74, 6) is 1.42. The van der Waals surface area contributed by atoms with E-state index in [1.807, 2.05) is 6.92 Å². The van der Waals surface area contributed by atoms with Crippen molar-refractivity contribution in [1.29, 1.82) is 0 Å². The van der Waals surface area contributed by atoms with Crippen molar-refractivity contribution >= 4 is 0 Å². The Balaban J connectivity index is 0.914. The summed E-state index contributed by atoms with van der Waals surface area (Å²) in [4.78, 5) is 0. The molecule has 4 aliphatic carbocycles. The Morgan fingerprint density at radius 3 is 1.81 bits per heavy atom. The van der Waals surface area contributed by atoms with E-state index in [4.69, 9.17) is 37.9 Å². The number of fused-ring (bicyclic) bond motifs is 7. The van der Waals surface area contributed by atoms with Crippen LogP contribution >= 0.6 is 0 Å². The molecule has 29 unspecified atom stereocenters. The molecule has 9 aliphatic rings. The molecule has 0 aromatic rings. The topological polar surface area (TPSA) is 276 Å². The SMILES string of the molecule is CC1OC2(CCC1O)OC1CC3C4CCC5CC(OC6OC(CO)C(OC7OC(C)C(O)C(O)C7O)C(O)C6OC6OC(C)C(O)C(O)C6O)C(O)CC5(C)C4CCC3(C)C1C2C. The number of ether oxygens (including phenoxy) is 8. The minimum Gasteiger partial charge on any atom is -0.394 e. The van der Waals surface area contributed by atoms with Gasteiger partial charge in [0.15, 0.2) is 24.7 Å². The van der Waals surface area contributed by atoms with Gasteiger partial charge in [0.25, 0.3) is 0 Å². The van der Waals surface area contributed by atoms with E-state index in [1.165, 1.54) is 13.8 Å². The van der Waals surface area contributed by atoms with E-state index in [2.05, 4.69) is 20.8 Å². The van der Waals surface area contributed by atoms with Gasteiger partial charge in [0.2, 0.25) is 0 Å². The minimum atomic E-state index is -1.76. The van der Waals surface area contributed by atoms with Crippen LogP contribution in [-0.4, -0.2) is 186 Å². The molecule has 0 bridgehead atoms. The summed E-state index contributed by atoms with van der Waals surface area (Å²) in [5.41, 5.74) is -0.105. The Hall–Kier alpha value is -0.720. The second kappa shape index (κ2) is 17.4. The first-order chi connectivity index (χ1) is 29.7. The van der Waals surface area contributed by atoms with Gasteiger partial charge in [0.1, 0.15) is 61.0 Å². The first kappa shape index (κ1) is 47.4. The summed E-state index contributed by atoms with van der Waals surface area (Å²) in [5, 5.41) is 108. The normalized spacial score (nSPS) is 60.6. The van der Waals surface area contributed by atoms with E-state index in [0.717, 1.165) is 32.1 Å². The molecule has 0 amide bonds. The van der Waals surface area contributed by atoms with Crippen molar-refractivity contribution in [3.05, 3.63) is 0 Å². The van der Waals surface area contributed by atoms with Crippen molar-refractivity contribution in [3.8, 4) is 0 Å². The summed E-state index contributed by atoms with van der Waals surface area (Å²) in [6.45, 7) is 11.3. The fraction of sp³-hybridized carbons (Fsp3) is 1.00. The summed E-state index contributed by atoms with van der Waals surface area (Å²) < 4.78 is 49.8. The molecule has 29 atom stereocenters. The number of aliphatic hydroxyl groups excluding tert-OH is 10. The second-order valence-electron chi connectivity index (χ2n) is 21.6. The largest absolute Gasteiger partial charge is 0.394 e. The third-order valence-electron chi connectivity index (χ3n) is 18.4.